The maximum atomic E-state index is 12.3. The van der Waals surface area contributed by atoms with Gasteiger partial charge in [-0.3, -0.25) is 9.36 Å². The Bertz CT molecular complexity index is 832. The lowest BCUT2D eigenvalue weighted by atomic mass is 10.3. The molecule has 2 heterocycles. The normalized spacial score (nSPS) is 10.9. The predicted octanol–water partition coefficient (Wildman–Crippen LogP) is 3.16. The number of hydrogen-bond donors (Lipinski definition) is 1. The Labute approximate surface area is 116 Å². The van der Waals surface area contributed by atoms with E-state index in [0.717, 1.165) is 0 Å². The summed E-state index contributed by atoms with van der Waals surface area (Å²) >= 11 is 12.3. The third-order valence-corrected chi connectivity index (χ3v) is 3.83. The van der Waals surface area contributed by atoms with Crippen molar-refractivity contribution in [1.29, 1.82) is 0 Å². The number of rotatable bonds is 1. The summed E-state index contributed by atoms with van der Waals surface area (Å²) < 4.78 is 2.31. The van der Waals surface area contributed by atoms with Crippen molar-refractivity contribution in [3.8, 4) is 5.69 Å². The van der Waals surface area contributed by atoms with Crippen LogP contribution in [0.15, 0.2) is 34.6 Å². The second-order valence-corrected chi connectivity index (χ2v) is 5.26. The van der Waals surface area contributed by atoms with Crippen molar-refractivity contribution >= 4 is 45.5 Å². The Balaban J connectivity index is 2.38. The van der Waals surface area contributed by atoms with E-state index >= 15 is 0 Å². The molecule has 90 valence electrons. The van der Waals surface area contributed by atoms with Crippen molar-refractivity contribution < 1.29 is 0 Å². The van der Waals surface area contributed by atoms with Crippen molar-refractivity contribution in [3.63, 3.8) is 0 Å². The van der Waals surface area contributed by atoms with Gasteiger partial charge in [0.2, 0.25) is 0 Å². The van der Waals surface area contributed by atoms with Gasteiger partial charge in [0, 0.05) is 5.02 Å². The van der Waals surface area contributed by atoms with Crippen LogP contribution in [0.5, 0.6) is 0 Å². The molecule has 3 aromatic rings. The number of H-pyrrole nitrogens is 1. The number of benzene rings is 1. The Morgan fingerprint density at radius 3 is 2.78 bits per heavy atom. The smallest absolute Gasteiger partial charge is 0.278 e. The SMILES string of the molecule is O=c1c2scnc2[nH]c(=S)n1-c1ccc(Cl)cc1. The van der Waals surface area contributed by atoms with Crippen LogP contribution in [-0.4, -0.2) is 14.5 Å². The van der Waals surface area contributed by atoms with Crippen LogP contribution in [-0.2, 0) is 0 Å². The molecular weight excluding hydrogens is 290 g/mol. The average Bonchev–Trinajstić information content (AvgIpc) is 2.80. The third kappa shape index (κ3) is 1.78. The molecule has 0 aliphatic carbocycles. The molecular formula is C11H6ClN3OS2. The first-order valence-corrected chi connectivity index (χ1v) is 6.68. The second kappa shape index (κ2) is 4.31. The maximum absolute atomic E-state index is 12.3. The van der Waals surface area contributed by atoms with Crippen molar-refractivity contribution in [1.82, 2.24) is 14.5 Å². The van der Waals surface area contributed by atoms with E-state index in [4.69, 9.17) is 23.8 Å². The fourth-order valence-electron chi connectivity index (χ4n) is 1.66. The van der Waals surface area contributed by atoms with Crippen LogP contribution in [0, 0.1) is 4.77 Å². The van der Waals surface area contributed by atoms with Gasteiger partial charge < -0.3 is 4.98 Å². The summed E-state index contributed by atoms with van der Waals surface area (Å²) in [5.74, 6) is 0. The highest BCUT2D eigenvalue weighted by atomic mass is 35.5. The van der Waals surface area contributed by atoms with E-state index < -0.39 is 0 Å². The highest BCUT2D eigenvalue weighted by Gasteiger charge is 2.09. The van der Waals surface area contributed by atoms with Gasteiger partial charge in [-0.2, -0.15) is 0 Å². The first-order chi connectivity index (χ1) is 8.66. The predicted molar refractivity (Wildman–Crippen MR) is 75.4 cm³/mol. The molecule has 1 aromatic carbocycles. The maximum Gasteiger partial charge on any atom is 0.278 e. The zero-order valence-corrected chi connectivity index (χ0v) is 11.3. The molecule has 3 rings (SSSR count). The molecule has 18 heavy (non-hydrogen) atoms. The monoisotopic (exact) mass is 295 g/mol. The number of nitrogens with zero attached hydrogens (tertiary/aromatic N) is 2. The van der Waals surface area contributed by atoms with Crippen LogP contribution in [0.25, 0.3) is 16.0 Å². The van der Waals surface area contributed by atoms with Gasteiger partial charge in [-0.1, -0.05) is 11.6 Å². The zero-order valence-electron chi connectivity index (χ0n) is 8.88. The van der Waals surface area contributed by atoms with Crippen molar-refractivity contribution in [2.45, 2.75) is 0 Å². The van der Waals surface area contributed by atoms with Crippen molar-refractivity contribution in [2.24, 2.45) is 0 Å². The highest BCUT2D eigenvalue weighted by Crippen LogP contribution is 2.15. The molecule has 0 bridgehead atoms. The van der Waals surface area contributed by atoms with E-state index in [1.165, 1.54) is 15.9 Å². The fraction of sp³-hybridized carbons (Fsp3) is 0. The molecule has 0 spiro atoms. The van der Waals surface area contributed by atoms with Gasteiger partial charge in [0.15, 0.2) is 10.4 Å². The molecule has 0 radical (unpaired) electrons. The standard InChI is InChI=1S/C11H6ClN3OS2/c12-6-1-3-7(4-2-6)15-10(16)8-9(13-5-18-8)14-11(15)17/h1-5H,(H,14,17). The van der Waals surface area contributed by atoms with Gasteiger partial charge >= 0.3 is 0 Å². The van der Waals surface area contributed by atoms with Gasteiger partial charge in [0.05, 0.1) is 11.2 Å². The molecule has 0 aliphatic rings. The molecule has 4 nitrogen and oxygen atoms in total. The summed E-state index contributed by atoms with van der Waals surface area (Å²) in [6.45, 7) is 0. The molecule has 0 atom stereocenters. The largest absolute Gasteiger partial charge is 0.315 e. The molecule has 0 amide bonds. The summed E-state index contributed by atoms with van der Waals surface area (Å²) in [6.07, 6.45) is 0. The van der Waals surface area contributed by atoms with E-state index in [1.807, 2.05) is 0 Å². The Morgan fingerprint density at radius 2 is 2.06 bits per heavy atom. The molecule has 0 aliphatic heterocycles. The van der Waals surface area contributed by atoms with Crippen molar-refractivity contribution in [2.75, 3.05) is 0 Å². The van der Waals surface area contributed by atoms with E-state index in [1.54, 1.807) is 29.8 Å². The molecule has 1 N–H and O–H groups in total. The van der Waals surface area contributed by atoms with Gasteiger partial charge in [-0.15, -0.1) is 11.3 Å². The summed E-state index contributed by atoms with van der Waals surface area (Å²) in [7, 11) is 0. The topological polar surface area (TPSA) is 50.7 Å². The quantitative estimate of drug-likeness (QED) is 0.702. The number of fused-ring (bicyclic) bond motifs is 1. The first kappa shape index (κ1) is 11.6. The first-order valence-electron chi connectivity index (χ1n) is 5.01. The van der Waals surface area contributed by atoms with Gasteiger partial charge in [-0.05, 0) is 36.5 Å². The minimum Gasteiger partial charge on any atom is -0.315 e. The minimum absolute atomic E-state index is 0.168. The lowest BCUT2D eigenvalue weighted by Gasteiger charge is -2.05. The number of aromatic nitrogens is 3. The Kier molecular flexibility index (Phi) is 2.77. The Hall–Kier alpha value is -1.50. The molecule has 0 saturated carbocycles. The van der Waals surface area contributed by atoms with Gasteiger partial charge in [0.1, 0.15) is 4.70 Å². The van der Waals surface area contributed by atoms with Crippen LogP contribution < -0.4 is 5.56 Å². The molecule has 7 heteroatoms. The second-order valence-electron chi connectivity index (χ2n) is 3.58. The molecule has 0 unspecified atom stereocenters. The molecule has 0 fully saturated rings. The van der Waals surface area contributed by atoms with Crippen molar-refractivity contribution in [3.05, 3.63) is 49.9 Å². The summed E-state index contributed by atoms with van der Waals surface area (Å²) in [5, 5.41) is 0.612. The zero-order chi connectivity index (χ0) is 12.7. The van der Waals surface area contributed by atoms with E-state index in [9.17, 15) is 4.79 Å². The van der Waals surface area contributed by atoms with Crippen LogP contribution in [0.2, 0.25) is 5.02 Å². The van der Waals surface area contributed by atoms with Gasteiger partial charge in [-0.25, -0.2) is 4.98 Å². The van der Waals surface area contributed by atoms with E-state index in [2.05, 4.69) is 9.97 Å². The molecule has 2 aromatic heterocycles. The highest BCUT2D eigenvalue weighted by molar-refractivity contribution is 7.71. The van der Waals surface area contributed by atoms with Crippen LogP contribution >= 0.6 is 35.2 Å². The van der Waals surface area contributed by atoms with E-state index in [0.29, 0.717) is 25.8 Å². The number of thiazole rings is 1. The lowest BCUT2D eigenvalue weighted by molar-refractivity contribution is 0.939. The molecule has 0 saturated heterocycles. The number of hydrogen-bond acceptors (Lipinski definition) is 4. The fourth-order valence-corrected chi connectivity index (χ4v) is 2.74. The summed E-state index contributed by atoms with van der Waals surface area (Å²) in [5.41, 5.74) is 2.66. The van der Waals surface area contributed by atoms with E-state index in [-0.39, 0.29) is 5.56 Å². The lowest BCUT2D eigenvalue weighted by Crippen LogP contribution is -2.19. The van der Waals surface area contributed by atoms with Crippen LogP contribution in [0.3, 0.4) is 0 Å². The summed E-state index contributed by atoms with van der Waals surface area (Å²) in [4.78, 5) is 19.3. The number of nitrogens with one attached hydrogen (secondary N) is 1. The number of aromatic amines is 1. The average molecular weight is 296 g/mol. The minimum atomic E-state index is -0.168. The van der Waals surface area contributed by atoms with Crippen LogP contribution in [0.4, 0.5) is 0 Å². The summed E-state index contributed by atoms with van der Waals surface area (Å²) in [6, 6.07) is 6.93. The number of halogens is 1. The van der Waals surface area contributed by atoms with Gasteiger partial charge in [0.25, 0.3) is 5.56 Å². The Morgan fingerprint density at radius 1 is 1.33 bits per heavy atom. The third-order valence-electron chi connectivity index (χ3n) is 2.48. The van der Waals surface area contributed by atoms with Crippen LogP contribution in [0.1, 0.15) is 0 Å².